The largest absolute Gasteiger partial charge is 0.394 e. The zero-order valence-electron chi connectivity index (χ0n) is 16.2. The van der Waals surface area contributed by atoms with Gasteiger partial charge in [0.25, 0.3) is 0 Å². The van der Waals surface area contributed by atoms with Gasteiger partial charge >= 0.3 is 0 Å². The first-order valence-corrected chi connectivity index (χ1v) is 9.78. The molecule has 2 atom stereocenters. The number of ether oxygens (including phenoxy) is 1. The topological polar surface area (TPSA) is 49.7 Å². The molecule has 3 aromatic rings. The second-order valence-corrected chi connectivity index (χ2v) is 7.14. The van der Waals surface area contributed by atoms with Crippen LogP contribution in [0.3, 0.4) is 0 Å². The summed E-state index contributed by atoms with van der Waals surface area (Å²) in [6.45, 7) is 2.15. The molecule has 0 saturated carbocycles. The summed E-state index contributed by atoms with van der Waals surface area (Å²) in [5, 5.41) is 19.1. The minimum absolute atomic E-state index is 0.0509. The molecule has 0 fully saturated rings. The van der Waals surface area contributed by atoms with Crippen molar-refractivity contribution < 1.29 is 14.9 Å². The van der Waals surface area contributed by atoms with Crippen molar-refractivity contribution in [2.75, 3.05) is 13.2 Å². The lowest BCUT2D eigenvalue weighted by Gasteiger charge is -2.36. The van der Waals surface area contributed by atoms with Gasteiger partial charge in [-0.3, -0.25) is 0 Å². The molecule has 146 valence electrons. The molecule has 3 nitrogen and oxygen atoms in total. The number of hydrogen-bond donors (Lipinski definition) is 2. The standard InChI is InChI=1S/C25H28O3/c1-20(24(27)19-26)17-18-28-25(21-11-5-2-6-12-21,22-13-7-3-8-14-22)23-15-9-4-10-16-23/h2-16,20,24,26-27H,17-19H2,1H3. The summed E-state index contributed by atoms with van der Waals surface area (Å²) >= 11 is 0. The highest BCUT2D eigenvalue weighted by Gasteiger charge is 2.37. The molecule has 0 aliphatic carbocycles. The van der Waals surface area contributed by atoms with Crippen molar-refractivity contribution in [1.29, 1.82) is 0 Å². The fraction of sp³-hybridized carbons (Fsp3) is 0.280. The van der Waals surface area contributed by atoms with Gasteiger partial charge in [-0.2, -0.15) is 0 Å². The molecule has 0 bridgehead atoms. The molecular weight excluding hydrogens is 348 g/mol. The average molecular weight is 376 g/mol. The lowest BCUT2D eigenvalue weighted by Crippen LogP contribution is -2.34. The quantitative estimate of drug-likeness (QED) is 0.545. The van der Waals surface area contributed by atoms with E-state index in [4.69, 9.17) is 4.74 Å². The molecule has 0 radical (unpaired) electrons. The predicted octanol–water partition coefficient (Wildman–Crippen LogP) is 4.37. The lowest BCUT2D eigenvalue weighted by atomic mass is 9.80. The predicted molar refractivity (Wildman–Crippen MR) is 112 cm³/mol. The van der Waals surface area contributed by atoms with Crippen LogP contribution in [0.1, 0.15) is 30.0 Å². The van der Waals surface area contributed by atoms with Gasteiger partial charge in [0.2, 0.25) is 0 Å². The summed E-state index contributed by atoms with van der Waals surface area (Å²) in [4.78, 5) is 0. The highest BCUT2D eigenvalue weighted by molar-refractivity contribution is 5.47. The van der Waals surface area contributed by atoms with Crippen molar-refractivity contribution in [2.24, 2.45) is 5.92 Å². The summed E-state index contributed by atoms with van der Waals surface area (Å²) in [5.74, 6) is -0.0509. The van der Waals surface area contributed by atoms with E-state index in [1.54, 1.807) is 0 Å². The summed E-state index contributed by atoms with van der Waals surface area (Å²) < 4.78 is 6.66. The van der Waals surface area contributed by atoms with Gasteiger partial charge in [0.1, 0.15) is 5.60 Å². The van der Waals surface area contributed by atoms with Gasteiger partial charge in [-0.05, 0) is 29.0 Å². The van der Waals surface area contributed by atoms with Crippen molar-refractivity contribution in [3.63, 3.8) is 0 Å². The number of benzene rings is 3. The molecule has 2 unspecified atom stereocenters. The number of rotatable bonds is 9. The van der Waals surface area contributed by atoms with Crippen LogP contribution in [-0.4, -0.2) is 29.5 Å². The molecule has 28 heavy (non-hydrogen) atoms. The molecule has 0 amide bonds. The maximum absolute atomic E-state index is 9.90. The van der Waals surface area contributed by atoms with E-state index in [2.05, 4.69) is 36.4 Å². The Bertz CT molecular complexity index is 722. The fourth-order valence-electron chi connectivity index (χ4n) is 3.54. The van der Waals surface area contributed by atoms with Gasteiger partial charge < -0.3 is 14.9 Å². The molecule has 0 aliphatic heterocycles. The van der Waals surface area contributed by atoms with E-state index >= 15 is 0 Å². The van der Waals surface area contributed by atoms with Crippen LogP contribution in [0, 0.1) is 5.92 Å². The van der Waals surface area contributed by atoms with E-state index in [9.17, 15) is 10.2 Å². The zero-order valence-corrected chi connectivity index (χ0v) is 16.2. The summed E-state index contributed by atoms with van der Waals surface area (Å²) in [6, 6.07) is 30.7. The van der Waals surface area contributed by atoms with Crippen molar-refractivity contribution in [3.8, 4) is 0 Å². The minimum atomic E-state index is -0.742. The van der Waals surface area contributed by atoms with Crippen molar-refractivity contribution in [3.05, 3.63) is 108 Å². The van der Waals surface area contributed by atoms with Crippen molar-refractivity contribution in [1.82, 2.24) is 0 Å². The molecule has 3 rings (SSSR count). The first kappa shape index (κ1) is 20.3. The zero-order chi connectivity index (χ0) is 19.8. The van der Waals surface area contributed by atoms with Gasteiger partial charge in [0, 0.05) is 6.61 Å². The second-order valence-electron chi connectivity index (χ2n) is 7.14. The van der Waals surface area contributed by atoms with Crippen molar-refractivity contribution >= 4 is 0 Å². The Morgan fingerprint density at radius 3 is 1.50 bits per heavy atom. The first-order chi connectivity index (χ1) is 13.7. The molecule has 0 spiro atoms. The van der Waals surface area contributed by atoms with Crippen LogP contribution in [0.5, 0.6) is 0 Å². The Morgan fingerprint density at radius 2 is 1.14 bits per heavy atom. The van der Waals surface area contributed by atoms with Crippen LogP contribution < -0.4 is 0 Å². The minimum Gasteiger partial charge on any atom is -0.394 e. The normalized spacial score (nSPS) is 13.8. The Labute approximate surface area is 167 Å². The lowest BCUT2D eigenvalue weighted by molar-refractivity contribution is -0.0117. The summed E-state index contributed by atoms with van der Waals surface area (Å²) in [6.07, 6.45) is -0.0844. The number of aliphatic hydroxyl groups excluding tert-OH is 2. The smallest absolute Gasteiger partial charge is 0.143 e. The van der Waals surface area contributed by atoms with Crippen LogP contribution in [0.2, 0.25) is 0 Å². The monoisotopic (exact) mass is 376 g/mol. The molecule has 0 aromatic heterocycles. The Morgan fingerprint density at radius 1 is 0.750 bits per heavy atom. The van der Waals surface area contributed by atoms with E-state index in [0.29, 0.717) is 13.0 Å². The van der Waals surface area contributed by atoms with E-state index in [1.807, 2.05) is 61.5 Å². The van der Waals surface area contributed by atoms with E-state index in [1.165, 1.54) is 0 Å². The maximum atomic E-state index is 9.90. The Hall–Kier alpha value is -2.46. The molecular formula is C25H28O3. The molecule has 2 N–H and O–H groups in total. The fourth-order valence-corrected chi connectivity index (χ4v) is 3.54. The molecule has 3 aromatic carbocycles. The van der Waals surface area contributed by atoms with E-state index < -0.39 is 11.7 Å². The third kappa shape index (κ3) is 4.33. The van der Waals surface area contributed by atoms with Gasteiger partial charge in [-0.25, -0.2) is 0 Å². The summed E-state index contributed by atoms with van der Waals surface area (Å²) in [7, 11) is 0. The van der Waals surface area contributed by atoms with Gasteiger partial charge in [-0.15, -0.1) is 0 Å². The molecule has 0 saturated heterocycles. The SMILES string of the molecule is CC(CCOC(c1ccccc1)(c1ccccc1)c1ccccc1)C(O)CO. The van der Waals surface area contributed by atoms with Crippen LogP contribution >= 0.6 is 0 Å². The average Bonchev–Trinajstić information content (AvgIpc) is 2.78. The van der Waals surface area contributed by atoms with Crippen LogP contribution in [0.25, 0.3) is 0 Å². The molecule has 3 heteroatoms. The van der Waals surface area contributed by atoms with Gasteiger partial charge in [0.15, 0.2) is 0 Å². The summed E-state index contributed by atoms with van der Waals surface area (Å²) in [5.41, 5.74) is 2.43. The van der Waals surface area contributed by atoms with Gasteiger partial charge in [0.05, 0.1) is 12.7 Å². The number of aliphatic hydroxyl groups is 2. The molecule has 0 aliphatic rings. The third-order valence-electron chi connectivity index (χ3n) is 5.28. The highest BCUT2D eigenvalue weighted by Crippen LogP contribution is 2.40. The maximum Gasteiger partial charge on any atom is 0.143 e. The van der Waals surface area contributed by atoms with Crippen LogP contribution in [0.4, 0.5) is 0 Å². The Balaban J connectivity index is 2.04. The Kier molecular flexibility index (Phi) is 6.99. The van der Waals surface area contributed by atoms with E-state index in [0.717, 1.165) is 16.7 Å². The second kappa shape index (κ2) is 9.65. The number of hydrogen-bond acceptors (Lipinski definition) is 3. The highest BCUT2D eigenvalue weighted by atomic mass is 16.5. The third-order valence-corrected chi connectivity index (χ3v) is 5.28. The van der Waals surface area contributed by atoms with Gasteiger partial charge in [-0.1, -0.05) is 97.9 Å². The van der Waals surface area contributed by atoms with Crippen molar-refractivity contribution in [2.45, 2.75) is 25.0 Å². The molecule has 0 heterocycles. The van der Waals surface area contributed by atoms with E-state index in [-0.39, 0.29) is 12.5 Å². The first-order valence-electron chi connectivity index (χ1n) is 9.78. The van der Waals surface area contributed by atoms with Crippen LogP contribution in [-0.2, 0) is 10.3 Å². The van der Waals surface area contributed by atoms with Crippen LogP contribution in [0.15, 0.2) is 91.0 Å².